The number of Topliss-reactive ketones (excluding diaryl/α,β-unsaturated/α-hetero) is 1. The van der Waals surface area contributed by atoms with E-state index in [-0.39, 0.29) is 34.8 Å². The Morgan fingerprint density at radius 1 is 1.14 bits per heavy atom. The Bertz CT molecular complexity index is 1150. The molecule has 0 aliphatic heterocycles. The Kier molecular flexibility index (Phi) is 5.45. The molecule has 0 spiro atoms. The van der Waals surface area contributed by atoms with Gasteiger partial charge in [0, 0.05) is 23.9 Å². The maximum Gasteiger partial charge on any atom is 0.339 e. The standard InChI is InChI=1S/C21H19N3O5/c1-3-24-20(27)19(22-14-9-10-15(21(28)29)16(26)11-14)17(12(2)25)18(23-24)13-7-5-4-6-8-13/h4-11,22,26H,3H2,1-2H3,(H,28,29). The van der Waals surface area contributed by atoms with E-state index < -0.39 is 17.3 Å². The summed E-state index contributed by atoms with van der Waals surface area (Å²) in [4.78, 5) is 36.4. The normalized spacial score (nSPS) is 10.6. The second kappa shape index (κ2) is 7.97. The Morgan fingerprint density at radius 2 is 1.83 bits per heavy atom. The van der Waals surface area contributed by atoms with E-state index in [9.17, 15) is 19.5 Å². The number of carbonyl (C=O) groups is 2. The lowest BCUT2D eigenvalue weighted by Gasteiger charge is -2.16. The van der Waals surface area contributed by atoms with Crippen LogP contribution in [-0.4, -0.2) is 31.7 Å². The first-order valence-electron chi connectivity index (χ1n) is 8.88. The number of carbonyl (C=O) groups excluding carboxylic acids is 1. The highest BCUT2D eigenvalue weighted by molar-refractivity contribution is 6.05. The summed E-state index contributed by atoms with van der Waals surface area (Å²) in [6.45, 7) is 3.39. The minimum Gasteiger partial charge on any atom is -0.507 e. The Balaban J connectivity index is 2.22. The van der Waals surface area contributed by atoms with E-state index in [0.29, 0.717) is 11.3 Å². The summed E-state index contributed by atoms with van der Waals surface area (Å²) < 4.78 is 1.24. The summed E-state index contributed by atoms with van der Waals surface area (Å²) >= 11 is 0. The molecule has 0 aliphatic rings. The lowest BCUT2D eigenvalue weighted by Crippen LogP contribution is -2.28. The van der Waals surface area contributed by atoms with Gasteiger partial charge in [-0.3, -0.25) is 9.59 Å². The van der Waals surface area contributed by atoms with Gasteiger partial charge in [0.1, 0.15) is 22.7 Å². The molecule has 0 bridgehead atoms. The van der Waals surface area contributed by atoms with Crippen LogP contribution in [0.2, 0.25) is 0 Å². The van der Waals surface area contributed by atoms with Gasteiger partial charge in [-0.2, -0.15) is 5.10 Å². The fourth-order valence-electron chi connectivity index (χ4n) is 2.98. The van der Waals surface area contributed by atoms with Gasteiger partial charge >= 0.3 is 5.97 Å². The summed E-state index contributed by atoms with van der Waals surface area (Å²) in [5.74, 6) is -2.09. The third kappa shape index (κ3) is 3.86. The van der Waals surface area contributed by atoms with Crippen LogP contribution in [0.1, 0.15) is 34.6 Å². The minimum atomic E-state index is -1.28. The highest BCUT2D eigenvalue weighted by Gasteiger charge is 2.22. The number of carboxylic acid groups (broad SMARTS) is 1. The van der Waals surface area contributed by atoms with Crippen molar-refractivity contribution in [3.05, 3.63) is 70.0 Å². The molecule has 1 aromatic heterocycles. The van der Waals surface area contributed by atoms with Gasteiger partial charge < -0.3 is 15.5 Å². The second-order valence-electron chi connectivity index (χ2n) is 6.30. The minimum absolute atomic E-state index is 0.00989. The molecule has 3 N–H and O–H groups in total. The van der Waals surface area contributed by atoms with Crippen LogP contribution in [0, 0.1) is 0 Å². The molecule has 1 heterocycles. The van der Waals surface area contributed by atoms with Gasteiger partial charge in [-0.1, -0.05) is 30.3 Å². The summed E-state index contributed by atoms with van der Waals surface area (Å²) in [6.07, 6.45) is 0. The first-order valence-corrected chi connectivity index (χ1v) is 8.88. The highest BCUT2D eigenvalue weighted by Crippen LogP contribution is 2.29. The van der Waals surface area contributed by atoms with E-state index in [0.717, 1.165) is 0 Å². The van der Waals surface area contributed by atoms with Crippen LogP contribution in [0.3, 0.4) is 0 Å². The van der Waals surface area contributed by atoms with Crippen LogP contribution < -0.4 is 10.9 Å². The number of hydrogen-bond acceptors (Lipinski definition) is 6. The number of hydrogen-bond donors (Lipinski definition) is 3. The lowest BCUT2D eigenvalue weighted by atomic mass is 10.0. The first kappa shape index (κ1) is 19.8. The van der Waals surface area contributed by atoms with Crippen molar-refractivity contribution < 1.29 is 19.8 Å². The van der Waals surface area contributed by atoms with Crippen LogP contribution in [0.4, 0.5) is 11.4 Å². The van der Waals surface area contributed by atoms with Gasteiger partial charge in [0.05, 0.1) is 5.56 Å². The Morgan fingerprint density at radius 3 is 2.38 bits per heavy atom. The third-order valence-electron chi connectivity index (χ3n) is 4.35. The molecule has 3 rings (SSSR count). The largest absolute Gasteiger partial charge is 0.507 e. The molecule has 0 fully saturated rings. The van der Waals surface area contributed by atoms with Gasteiger partial charge in [-0.25, -0.2) is 9.48 Å². The molecule has 0 saturated carbocycles. The third-order valence-corrected chi connectivity index (χ3v) is 4.35. The topological polar surface area (TPSA) is 122 Å². The summed E-state index contributed by atoms with van der Waals surface area (Å²) in [5.41, 5.74) is 0.649. The van der Waals surface area contributed by atoms with Crippen molar-refractivity contribution in [2.24, 2.45) is 0 Å². The molecule has 2 aromatic carbocycles. The van der Waals surface area contributed by atoms with E-state index >= 15 is 0 Å². The Labute approximate surface area is 166 Å². The van der Waals surface area contributed by atoms with Crippen LogP contribution in [0.25, 0.3) is 11.3 Å². The van der Waals surface area contributed by atoms with Gasteiger partial charge in [0.2, 0.25) is 0 Å². The van der Waals surface area contributed by atoms with E-state index in [2.05, 4.69) is 10.4 Å². The van der Waals surface area contributed by atoms with Crippen molar-refractivity contribution in [2.75, 3.05) is 5.32 Å². The van der Waals surface area contributed by atoms with Gasteiger partial charge in [-0.15, -0.1) is 0 Å². The zero-order chi connectivity index (χ0) is 21.1. The van der Waals surface area contributed by atoms with Crippen molar-refractivity contribution in [1.29, 1.82) is 0 Å². The second-order valence-corrected chi connectivity index (χ2v) is 6.30. The average Bonchev–Trinajstić information content (AvgIpc) is 2.69. The maximum atomic E-state index is 12.9. The van der Waals surface area contributed by atoms with Gasteiger partial charge in [-0.05, 0) is 26.0 Å². The highest BCUT2D eigenvalue weighted by atomic mass is 16.4. The van der Waals surface area contributed by atoms with Crippen molar-refractivity contribution in [2.45, 2.75) is 20.4 Å². The van der Waals surface area contributed by atoms with Gasteiger partial charge in [0.15, 0.2) is 5.78 Å². The number of aromatic nitrogens is 2. The number of aromatic carboxylic acids is 1. The molecule has 0 unspecified atom stereocenters. The average molecular weight is 393 g/mol. The number of rotatable bonds is 6. The summed E-state index contributed by atoms with van der Waals surface area (Å²) in [6, 6.07) is 12.8. The summed E-state index contributed by atoms with van der Waals surface area (Å²) in [5, 5.41) is 26.2. The fourth-order valence-corrected chi connectivity index (χ4v) is 2.98. The molecule has 0 amide bonds. The van der Waals surface area contributed by atoms with Crippen LogP contribution in [0.5, 0.6) is 5.75 Å². The molecule has 0 atom stereocenters. The number of ketones is 1. The quantitative estimate of drug-likeness (QED) is 0.549. The lowest BCUT2D eigenvalue weighted by molar-refractivity contribution is 0.0693. The number of aryl methyl sites for hydroxylation is 1. The van der Waals surface area contributed by atoms with Crippen LogP contribution >= 0.6 is 0 Å². The molecule has 3 aromatic rings. The van der Waals surface area contributed by atoms with E-state index in [1.54, 1.807) is 31.2 Å². The molecular weight excluding hydrogens is 374 g/mol. The van der Waals surface area contributed by atoms with Gasteiger partial charge in [0.25, 0.3) is 5.56 Å². The van der Waals surface area contributed by atoms with E-state index in [1.807, 2.05) is 6.07 Å². The maximum absolute atomic E-state index is 12.9. The number of anilines is 2. The Hall–Kier alpha value is -3.94. The number of nitrogens with zero attached hydrogens (tertiary/aromatic N) is 2. The molecule has 148 valence electrons. The molecular formula is C21H19N3O5. The first-order chi connectivity index (χ1) is 13.8. The molecule has 0 radical (unpaired) electrons. The number of aromatic hydroxyl groups is 1. The van der Waals surface area contributed by atoms with E-state index in [1.165, 1.54) is 29.8 Å². The summed E-state index contributed by atoms with van der Waals surface area (Å²) in [7, 11) is 0. The van der Waals surface area contributed by atoms with Crippen LogP contribution in [-0.2, 0) is 6.54 Å². The van der Waals surface area contributed by atoms with Crippen LogP contribution in [0.15, 0.2) is 53.3 Å². The van der Waals surface area contributed by atoms with E-state index in [4.69, 9.17) is 5.11 Å². The van der Waals surface area contributed by atoms with Crippen molar-refractivity contribution in [3.63, 3.8) is 0 Å². The smallest absolute Gasteiger partial charge is 0.339 e. The van der Waals surface area contributed by atoms with Crippen molar-refractivity contribution in [3.8, 4) is 17.0 Å². The zero-order valence-electron chi connectivity index (χ0n) is 15.8. The molecule has 0 saturated heterocycles. The number of phenols is 1. The SMILES string of the molecule is CCn1nc(-c2ccccc2)c(C(C)=O)c(Nc2ccc(C(=O)O)c(O)c2)c1=O. The number of carboxylic acids is 1. The number of benzene rings is 2. The zero-order valence-corrected chi connectivity index (χ0v) is 15.8. The predicted octanol–water partition coefficient (Wildman–Crippen LogP) is 3.28. The van der Waals surface area contributed by atoms with Crippen molar-refractivity contribution in [1.82, 2.24) is 9.78 Å². The fraction of sp³-hybridized carbons (Fsp3) is 0.143. The molecule has 8 nitrogen and oxygen atoms in total. The molecule has 29 heavy (non-hydrogen) atoms. The monoisotopic (exact) mass is 393 g/mol. The molecule has 0 aliphatic carbocycles. The molecule has 8 heteroatoms. The van der Waals surface area contributed by atoms with Crippen molar-refractivity contribution >= 4 is 23.1 Å². The predicted molar refractivity (Wildman–Crippen MR) is 108 cm³/mol. The number of nitrogens with one attached hydrogen (secondary N) is 1.